The van der Waals surface area contributed by atoms with Crippen LogP contribution in [0.25, 0.3) is 11.0 Å². The Hall–Kier alpha value is -1.95. The van der Waals surface area contributed by atoms with Crippen LogP contribution >= 0.6 is 0 Å². The number of carbonyl (C=O) groups is 1. The van der Waals surface area contributed by atoms with Crippen LogP contribution < -0.4 is 5.32 Å². The zero-order valence-corrected chi connectivity index (χ0v) is 12.9. The van der Waals surface area contributed by atoms with Crippen molar-refractivity contribution in [2.45, 2.75) is 37.6 Å². The van der Waals surface area contributed by atoms with E-state index in [1.807, 2.05) is 0 Å². The van der Waals surface area contributed by atoms with Crippen LogP contribution in [-0.4, -0.2) is 41.6 Å². The van der Waals surface area contributed by atoms with Gasteiger partial charge in [-0.2, -0.15) is 0 Å². The van der Waals surface area contributed by atoms with Gasteiger partial charge in [-0.3, -0.25) is 9.69 Å². The molecule has 5 nitrogen and oxygen atoms in total. The molecule has 1 aliphatic heterocycles. The van der Waals surface area contributed by atoms with Crippen LogP contribution in [-0.2, 0) is 4.79 Å². The molecule has 0 radical (unpaired) electrons. The van der Waals surface area contributed by atoms with Gasteiger partial charge in [0.1, 0.15) is 5.82 Å². The van der Waals surface area contributed by atoms with Gasteiger partial charge in [-0.15, -0.1) is 0 Å². The lowest BCUT2D eigenvalue weighted by Crippen LogP contribution is -2.41. The van der Waals surface area contributed by atoms with Crippen molar-refractivity contribution in [3.05, 3.63) is 29.7 Å². The molecule has 1 aliphatic carbocycles. The third-order valence-electron chi connectivity index (χ3n) is 4.75. The molecular weight excluding hydrogens is 297 g/mol. The van der Waals surface area contributed by atoms with Crippen molar-refractivity contribution < 1.29 is 13.7 Å². The number of likely N-dealkylation sites (tertiary alicyclic amines) is 1. The lowest BCUT2D eigenvalue weighted by molar-refractivity contribution is -0.122. The van der Waals surface area contributed by atoms with Crippen molar-refractivity contribution >= 4 is 16.9 Å². The highest BCUT2D eigenvalue weighted by Gasteiger charge is 2.28. The van der Waals surface area contributed by atoms with Gasteiger partial charge < -0.3 is 9.84 Å². The number of hydrogen-bond donors (Lipinski definition) is 1. The highest BCUT2D eigenvalue weighted by molar-refractivity contribution is 5.80. The van der Waals surface area contributed by atoms with Crippen LogP contribution in [0, 0.1) is 5.82 Å². The molecule has 122 valence electrons. The minimum Gasteiger partial charge on any atom is -0.356 e. The van der Waals surface area contributed by atoms with Gasteiger partial charge in [-0.1, -0.05) is 5.16 Å². The predicted molar refractivity (Wildman–Crippen MR) is 83.5 cm³/mol. The first-order chi connectivity index (χ1) is 11.2. The predicted octanol–water partition coefficient (Wildman–Crippen LogP) is 2.42. The topological polar surface area (TPSA) is 58.4 Å². The van der Waals surface area contributed by atoms with E-state index in [4.69, 9.17) is 4.52 Å². The molecule has 1 N–H and O–H groups in total. The number of nitrogens with zero attached hydrogens (tertiary/aromatic N) is 2. The smallest absolute Gasteiger partial charge is 0.234 e. The van der Waals surface area contributed by atoms with Crippen LogP contribution in [0.4, 0.5) is 4.39 Å². The third kappa shape index (κ3) is 3.22. The number of piperidine rings is 1. The number of nitrogens with one attached hydrogen (secondary N) is 1. The molecule has 6 heteroatoms. The molecule has 4 rings (SSSR count). The summed E-state index contributed by atoms with van der Waals surface area (Å²) in [6, 6.07) is 4.98. The van der Waals surface area contributed by atoms with E-state index < -0.39 is 0 Å². The van der Waals surface area contributed by atoms with E-state index in [0.717, 1.165) is 49.9 Å². The molecule has 2 aliphatic rings. The molecule has 0 bridgehead atoms. The average molecular weight is 317 g/mol. The van der Waals surface area contributed by atoms with Crippen molar-refractivity contribution in [3.8, 4) is 0 Å². The average Bonchev–Trinajstić information content (AvgIpc) is 3.24. The van der Waals surface area contributed by atoms with E-state index in [9.17, 15) is 9.18 Å². The lowest BCUT2D eigenvalue weighted by atomic mass is 9.91. The molecule has 2 fully saturated rings. The van der Waals surface area contributed by atoms with Crippen LogP contribution in [0.1, 0.15) is 37.3 Å². The molecule has 0 spiro atoms. The molecule has 0 unspecified atom stereocenters. The molecule has 0 atom stereocenters. The van der Waals surface area contributed by atoms with Crippen molar-refractivity contribution in [2.75, 3.05) is 19.6 Å². The Morgan fingerprint density at radius 2 is 2.09 bits per heavy atom. The number of benzene rings is 1. The second kappa shape index (κ2) is 5.92. The van der Waals surface area contributed by atoms with E-state index in [-0.39, 0.29) is 11.7 Å². The summed E-state index contributed by atoms with van der Waals surface area (Å²) in [5.74, 6) is 0.134. The van der Waals surface area contributed by atoms with Crippen LogP contribution in [0.3, 0.4) is 0 Å². The Labute approximate surface area is 133 Å². The fourth-order valence-electron chi connectivity index (χ4n) is 3.29. The molecule has 1 aromatic carbocycles. The molecule has 1 amide bonds. The summed E-state index contributed by atoms with van der Waals surface area (Å²) < 4.78 is 18.5. The minimum atomic E-state index is -0.309. The fraction of sp³-hybridized carbons (Fsp3) is 0.529. The monoisotopic (exact) mass is 317 g/mol. The Morgan fingerprint density at radius 1 is 1.30 bits per heavy atom. The molecular formula is C17H20FN3O2. The first kappa shape index (κ1) is 14.6. The number of aromatic nitrogens is 1. The first-order valence-electron chi connectivity index (χ1n) is 8.25. The van der Waals surface area contributed by atoms with Crippen LogP contribution in [0.15, 0.2) is 22.7 Å². The van der Waals surface area contributed by atoms with Gasteiger partial charge in [-0.05, 0) is 50.9 Å². The highest BCUT2D eigenvalue weighted by Crippen LogP contribution is 2.32. The van der Waals surface area contributed by atoms with Gasteiger partial charge in [0.15, 0.2) is 5.58 Å². The van der Waals surface area contributed by atoms with Crippen LogP contribution in [0.5, 0.6) is 0 Å². The van der Waals surface area contributed by atoms with Crippen molar-refractivity contribution in [1.29, 1.82) is 0 Å². The van der Waals surface area contributed by atoms with E-state index in [0.29, 0.717) is 24.1 Å². The van der Waals surface area contributed by atoms with Gasteiger partial charge in [0, 0.05) is 23.4 Å². The van der Waals surface area contributed by atoms with Gasteiger partial charge >= 0.3 is 0 Å². The summed E-state index contributed by atoms with van der Waals surface area (Å²) in [6.07, 6.45) is 4.12. The van der Waals surface area contributed by atoms with Crippen molar-refractivity contribution in [1.82, 2.24) is 15.4 Å². The number of fused-ring (bicyclic) bond motifs is 1. The second-order valence-electron chi connectivity index (χ2n) is 6.60. The van der Waals surface area contributed by atoms with Gasteiger partial charge in [0.05, 0.1) is 12.2 Å². The first-order valence-corrected chi connectivity index (χ1v) is 8.25. The number of halogens is 1. The molecule has 2 aromatic rings. The SMILES string of the molecule is O=C(CN1CCC(c2noc3cc(F)ccc23)CC1)NC1CC1. The van der Waals surface area contributed by atoms with E-state index in [1.54, 1.807) is 6.07 Å². The molecule has 1 saturated carbocycles. The standard InChI is InChI=1S/C17H20FN3O2/c18-12-1-4-14-15(9-12)23-20-17(14)11-5-7-21(8-6-11)10-16(22)19-13-2-3-13/h1,4,9,11,13H,2-3,5-8,10H2,(H,19,22). The maximum atomic E-state index is 13.2. The fourth-order valence-corrected chi connectivity index (χ4v) is 3.29. The number of rotatable bonds is 4. The van der Waals surface area contributed by atoms with Crippen molar-refractivity contribution in [3.63, 3.8) is 0 Å². The Morgan fingerprint density at radius 3 is 2.83 bits per heavy atom. The molecule has 1 saturated heterocycles. The molecule has 1 aromatic heterocycles. The van der Waals surface area contributed by atoms with Crippen LogP contribution in [0.2, 0.25) is 0 Å². The minimum absolute atomic E-state index is 0.133. The maximum absolute atomic E-state index is 13.2. The van der Waals surface area contributed by atoms with Gasteiger partial charge in [0.25, 0.3) is 0 Å². The Balaban J connectivity index is 1.37. The third-order valence-corrected chi connectivity index (χ3v) is 4.75. The van der Waals surface area contributed by atoms with Crippen molar-refractivity contribution in [2.24, 2.45) is 0 Å². The van der Waals surface area contributed by atoms with E-state index in [2.05, 4.69) is 15.4 Å². The summed E-state index contributed by atoms with van der Waals surface area (Å²) in [5.41, 5.74) is 1.42. The normalized spacial score (nSPS) is 20.0. The van der Waals surface area contributed by atoms with Gasteiger partial charge in [0.2, 0.25) is 5.91 Å². The van der Waals surface area contributed by atoms with Gasteiger partial charge in [-0.25, -0.2) is 4.39 Å². The quantitative estimate of drug-likeness (QED) is 0.941. The maximum Gasteiger partial charge on any atom is 0.234 e. The molecule has 23 heavy (non-hydrogen) atoms. The highest BCUT2D eigenvalue weighted by atomic mass is 19.1. The summed E-state index contributed by atoms with van der Waals surface area (Å²) in [5, 5.41) is 8.08. The summed E-state index contributed by atoms with van der Waals surface area (Å²) in [7, 11) is 0. The zero-order valence-electron chi connectivity index (χ0n) is 12.9. The number of amides is 1. The summed E-state index contributed by atoms with van der Waals surface area (Å²) in [4.78, 5) is 14.1. The number of carbonyl (C=O) groups excluding carboxylic acids is 1. The zero-order chi connectivity index (χ0) is 15.8. The lowest BCUT2D eigenvalue weighted by Gasteiger charge is -2.30. The van der Waals surface area contributed by atoms with E-state index in [1.165, 1.54) is 12.1 Å². The van der Waals surface area contributed by atoms with E-state index >= 15 is 0 Å². The summed E-state index contributed by atoms with van der Waals surface area (Å²) >= 11 is 0. The Bertz CT molecular complexity index is 718. The largest absolute Gasteiger partial charge is 0.356 e. The second-order valence-corrected chi connectivity index (χ2v) is 6.60. The Kier molecular flexibility index (Phi) is 3.77. The number of hydrogen-bond acceptors (Lipinski definition) is 4. The molecule has 2 heterocycles. The summed E-state index contributed by atoms with van der Waals surface area (Å²) in [6.45, 7) is 2.23.